The van der Waals surface area contributed by atoms with Crippen molar-refractivity contribution >= 4 is 12.0 Å². The van der Waals surface area contributed by atoms with Gasteiger partial charge in [-0.25, -0.2) is 9.59 Å². The number of carboxylic acid groups (broad SMARTS) is 1. The van der Waals surface area contributed by atoms with E-state index in [2.05, 4.69) is 22.2 Å². The molecule has 0 spiro atoms. The fraction of sp³-hybridized carbons (Fsp3) is 0.308. The van der Waals surface area contributed by atoms with Crippen molar-refractivity contribution in [3.8, 4) is 0 Å². The predicted octanol–water partition coefficient (Wildman–Crippen LogP) is 1.22. The van der Waals surface area contributed by atoms with Crippen LogP contribution < -0.4 is 10.6 Å². The molecular weight excluding hydrogens is 246 g/mol. The number of nitrogens with zero attached hydrogens (tertiary/aromatic N) is 1. The molecule has 1 unspecified atom stereocenters. The Morgan fingerprint density at radius 3 is 2.84 bits per heavy atom. The normalized spacial score (nSPS) is 11.4. The first kappa shape index (κ1) is 14.7. The second kappa shape index (κ2) is 7.15. The number of rotatable bonds is 6. The summed E-state index contributed by atoms with van der Waals surface area (Å²) in [6, 6.07) is 3.97. The van der Waals surface area contributed by atoms with E-state index < -0.39 is 18.0 Å². The van der Waals surface area contributed by atoms with Crippen molar-refractivity contribution < 1.29 is 14.7 Å². The highest BCUT2D eigenvalue weighted by Gasteiger charge is 2.17. The Morgan fingerprint density at radius 1 is 1.53 bits per heavy atom. The molecule has 0 aliphatic heterocycles. The molecule has 6 nitrogen and oxygen atoms in total. The van der Waals surface area contributed by atoms with Gasteiger partial charge in [-0.05, 0) is 25.5 Å². The summed E-state index contributed by atoms with van der Waals surface area (Å²) in [6.45, 7) is 5.55. The van der Waals surface area contributed by atoms with Gasteiger partial charge in [0.15, 0.2) is 0 Å². The summed E-state index contributed by atoms with van der Waals surface area (Å²) in [5.41, 5.74) is 1.57. The van der Waals surface area contributed by atoms with Crippen molar-refractivity contribution in [2.45, 2.75) is 25.9 Å². The highest BCUT2D eigenvalue weighted by molar-refractivity contribution is 5.82. The van der Waals surface area contributed by atoms with Crippen LogP contribution >= 0.6 is 0 Å². The van der Waals surface area contributed by atoms with E-state index >= 15 is 0 Å². The monoisotopic (exact) mass is 263 g/mol. The van der Waals surface area contributed by atoms with Crippen LogP contribution in [0.5, 0.6) is 0 Å². The highest BCUT2D eigenvalue weighted by atomic mass is 16.4. The number of carboxylic acids is 1. The van der Waals surface area contributed by atoms with Gasteiger partial charge >= 0.3 is 12.0 Å². The number of urea groups is 1. The highest BCUT2D eigenvalue weighted by Crippen LogP contribution is 1.98. The summed E-state index contributed by atoms with van der Waals surface area (Å²) >= 11 is 0. The van der Waals surface area contributed by atoms with Crippen LogP contribution in [0, 0.1) is 6.92 Å². The van der Waals surface area contributed by atoms with Gasteiger partial charge in [-0.2, -0.15) is 0 Å². The molecule has 0 aliphatic rings. The molecule has 102 valence electrons. The topological polar surface area (TPSA) is 91.3 Å². The Labute approximate surface area is 111 Å². The van der Waals surface area contributed by atoms with Gasteiger partial charge in [0.05, 0.1) is 12.2 Å². The summed E-state index contributed by atoms with van der Waals surface area (Å²) in [5, 5.41) is 13.8. The maximum atomic E-state index is 11.5. The Balaban J connectivity index is 2.46. The fourth-order valence-electron chi connectivity index (χ4n) is 1.47. The molecule has 0 fully saturated rings. The lowest BCUT2D eigenvalue weighted by atomic mass is 10.2. The molecule has 19 heavy (non-hydrogen) atoms. The molecule has 0 bridgehead atoms. The zero-order valence-corrected chi connectivity index (χ0v) is 10.7. The first-order chi connectivity index (χ1) is 9.02. The molecule has 1 aromatic heterocycles. The van der Waals surface area contributed by atoms with Gasteiger partial charge in [-0.3, -0.25) is 4.98 Å². The number of carbonyl (C=O) groups is 2. The Bertz CT molecular complexity index is 474. The molecule has 6 heteroatoms. The van der Waals surface area contributed by atoms with E-state index in [4.69, 9.17) is 5.11 Å². The molecule has 0 saturated carbocycles. The third kappa shape index (κ3) is 5.20. The molecule has 0 aromatic carbocycles. The molecule has 3 N–H and O–H groups in total. The third-order valence-corrected chi connectivity index (χ3v) is 2.38. The SMILES string of the molecule is C=CCC(NC(=O)NCc1cccc(C)n1)C(=O)O. The minimum absolute atomic E-state index is 0.172. The molecule has 0 saturated heterocycles. The van der Waals surface area contributed by atoms with Crippen LogP contribution in [0.25, 0.3) is 0 Å². The minimum atomic E-state index is -1.09. The lowest BCUT2D eigenvalue weighted by molar-refractivity contribution is -0.139. The Kier molecular flexibility index (Phi) is 5.53. The lowest BCUT2D eigenvalue weighted by Gasteiger charge is -2.13. The van der Waals surface area contributed by atoms with E-state index in [1.165, 1.54) is 6.08 Å². The van der Waals surface area contributed by atoms with Gasteiger partial charge in [-0.1, -0.05) is 12.1 Å². The molecule has 1 rings (SSSR count). The third-order valence-electron chi connectivity index (χ3n) is 2.38. The number of hydrogen-bond acceptors (Lipinski definition) is 3. The van der Waals surface area contributed by atoms with Gasteiger partial charge in [0.1, 0.15) is 6.04 Å². The maximum absolute atomic E-state index is 11.5. The summed E-state index contributed by atoms with van der Waals surface area (Å²) in [7, 11) is 0. The summed E-state index contributed by atoms with van der Waals surface area (Å²) < 4.78 is 0. The zero-order chi connectivity index (χ0) is 14.3. The van der Waals surface area contributed by atoms with Crippen molar-refractivity contribution in [3.05, 3.63) is 42.2 Å². The average molecular weight is 263 g/mol. The second-order valence-corrected chi connectivity index (χ2v) is 4.01. The van der Waals surface area contributed by atoms with Crippen molar-refractivity contribution in [1.82, 2.24) is 15.6 Å². The first-order valence-electron chi connectivity index (χ1n) is 5.83. The number of aryl methyl sites for hydroxylation is 1. The van der Waals surface area contributed by atoms with Crippen molar-refractivity contribution in [2.24, 2.45) is 0 Å². The van der Waals surface area contributed by atoms with Crippen LogP contribution in [0.4, 0.5) is 4.79 Å². The van der Waals surface area contributed by atoms with Crippen LogP contribution in [-0.2, 0) is 11.3 Å². The van der Waals surface area contributed by atoms with Gasteiger partial charge in [0.25, 0.3) is 0 Å². The number of nitrogens with one attached hydrogen (secondary N) is 2. The second-order valence-electron chi connectivity index (χ2n) is 4.01. The molecule has 2 amide bonds. The van der Waals surface area contributed by atoms with E-state index in [-0.39, 0.29) is 13.0 Å². The van der Waals surface area contributed by atoms with Gasteiger partial charge in [-0.15, -0.1) is 6.58 Å². The summed E-state index contributed by atoms with van der Waals surface area (Å²) in [5.74, 6) is -1.09. The van der Waals surface area contributed by atoms with E-state index in [1.54, 1.807) is 6.07 Å². The predicted molar refractivity (Wildman–Crippen MR) is 70.6 cm³/mol. The van der Waals surface area contributed by atoms with E-state index in [0.29, 0.717) is 5.69 Å². The van der Waals surface area contributed by atoms with Crippen LogP contribution in [0.3, 0.4) is 0 Å². The molecule has 0 aliphatic carbocycles. The Morgan fingerprint density at radius 2 is 2.26 bits per heavy atom. The Hall–Kier alpha value is -2.37. The molecule has 1 aromatic rings. The summed E-state index contributed by atoms with van der Waals surface area (Å²) in [4.78, 5) is 26.6. The van der Waals surface area contributed by atoms with Crippen LogP contribution in [0.2, 0.25) is 0 Å². The number of pyridine rings is 1. The lowest BCUT2D eigenvalue weighted by Crippen LogP contribution is -2.45. The smallest absolute Gasteiger partial charge is 0.326 e. The maximum Gasteiger partial charge on any atom is 0.326 e. The number of aromatic nitrogens is 1. The van der Waals surface area contributed by atoms with Gasteiger partial charge < -0.3 is 15.7 Å². The van der Waals surface area contributed by atoms with Gasteiger partial charge in [0.2, 0.25) is 0 Å². The summed E-state index contributed by atoms with van der Waals surface area (Å²) in [6.07, 6.45) is 1.62. The van der Waals surface area contributed by atoms with Crippen LogP contribution in [0.1, 0.15) is 17.8 Å². The molecular formula is C13H17N3O3. The zero-order valence-electron chi connectivity index (χ0n) is 10.7. The number of hydrogen-bond donors (Lipinski definition) is 3. The average Bonchev–Trinajstić information content (AvgIpc) is 2.36. The first-order valence-corrected chi connectivity index (χ1v) is 5.83. The molecule has 0 radical (unpaired) electrons. The van der Waals surface area contributed by atoms with Crippen LogP contribution in [-0.4, -0.2) is 28.1 Å². The number of carbonyl (C=O) groups excluding carboxylic acids is 1. The van der Waals surface area contributed by atoms with E-state index in [9.17, 15) is 9.59 Å². The van der Waals surface area contributed by atoms with Crippen molar-refractivity contribution in [3.63, 3.8) is 0 Å². The van der Waals surface area contributed by atoms with Gasteiger partial charge in [0, 0.05) is 5.69 Å². The number of amides is 2. The molecule has 1 heterocycles. The van der Waals surface area contributed by atoms with E-state index in [0.717, 1.165) is 5.69 Å². The van der Waals surface area contributed by atoms with Crippen LogP contribution in [0.15, 0.2) is 30.9 Å². The van der Waals surface area contributed by atoms with Crippen molar-refractivity contribution in [2.75, 3.05) is 0 Å². The van der Waals surface area contributed by atoms with E-state index in [1.807, 2.05) is 19.1 Å². The standard InChI is InChI=1S/C13H17N3O3/c1-3-5-11(12(17)18)16-13(19)14-8-10-7-4-6-9(2)15-10/h3-4,6-7,11H,1,5,8H2,2H3,(H,17,18)(H2,14,16,19). The quantitative estimate of drug-likeness (QED) is 0.673. The molecule has 1 atom stereocenters. The minimum Gasteiger partial charge on any atom is -0.480 e. The number of aliphatic carboxylic acids is 1. The fourth-order valence-corrected chi connectivity index (χ4v) is 1.47. The largest absolute Gasteiger partial charge is 0.480 e. The van der Waals surface area contributed by atoms with Crippen molar-refractivity contribution in [1.29, 1.82) is 0 Å².